The van der Waals surface area contributed by atoms with E-state index in [0.717, 1.165) is 38.5 Å². The van der Waals surface area contributed by atoms with E-state index in [9.17, 15) is 9.90 Å². The summed E-state index contributed by atoms with van der Waals surface area (Å²) in [6, 6.07) is 0. The smallest absolute Gasteiger partial charge is 0.309 e. The minimum Gasteiger partial charge on any atom is -0.481 e. The van der Waals surface area contributed by atoms with Gasteiger partial charge in [0.2, 0.25) is 0 Å². The van der Waals surface area contributed by atoms with Gasteiger partial charge in [-0.3, -0.25) is 4.79 Å². The molecule has 0 aliphatic rings. The van der Waals surface area contributed by atoms with Gasteiger partial charge in [0.15, 0.2) is 0 Å². The van der Waals surface area contributed by atoms with Gasteiger partial charge in [-0.05, 0) is 19.3 Å². The number of rotatable bonds is 20. The molecule has 0 aromatic carbocycles. The van der Waals surface area contributed by atoms with Gasteiger partial charge in [0.1, 0.15) is 0 Å². The number of aliphatic carboxylic acids is 1. The molecule has 0 saturated carbocycles. The Morgan fingerprint density at radius 3 is 1.11 bits per heavy atom. The minimum absolute atomic E-state index is 0. The average molecular weight is 513 g/mol. The monoisotopic (exact) mass is 510 g/mol. The zero-order valence-electron chi connectivity index (χ0n) is 18.8. The van der Waals surface area contributed by atoms with Crippen LogP contribution in [0.15, 0.2) is 0 Å². The van der Waals surface area contributed by atoms with Gasteiger partial charge >= 0.3 is 5.97 Å². The summed E-state index contributed by atoms with van der Waals surface area (Å²) in [4.78, 5) is 12.2. The largest absolute Gasteiger partial charge is 0.481 e. The molecule has 0 fully saturated rings. The molecule has 3 heteroatoms. The van der Waals surface area contributed by atoms with E-state index in [2.05, 4.69) is 20.8 Å². The maximum atomic E-state index is 12.2. The zero-order valence-corrected chi connectivity index (χ0v) is 22.0. The van der Waals surface area contributed by atoms with E-state index in [1.54, 1.807) is 0 Å². The Kier molecular flexibility index (Phi) is 23.9. The second-order valence-corrected chi connectivity index (χ2v) is 8.43. The van der Waals surface area contributed by atoms with Crippen LogP contribution in [0.1, 0.15) is 143 Å². The normalized spacial score (nSPS) is 11.4. The summed E-state index contributed by atoms with van der Waals surface area (Å²) >= 11 is 0. The molecule has 0 radical (unpaired) electrons. The van der Waals surface area contributed by atoms with Crippen molar-refractivity contribution < 1.29 is 50.7 Å². The van der Waals surface area contributed by atoms with Crippen molar-refractivity contribution in [3.8, 4) is 0 Å². The van der Waals surface area contributed by atoms with Gasteiger partial charge in [0.05, 0.1) is 5.41 Å². The third-order valence-corrected chi connectivity index (χ3v) is 5.98. The molecule has 0 aliphatic carbocycles. The average Bonchev–Trinajstić information content (AvgIpc) is 2.63. The standard InChI is InChI=1S/C24H48O2.Nd/c1-4-7-10-13-15-18-21-24(23(25)26,20-17-12-9-6-3)22-19-16-14-11-8-5-2;/h4-22H2,1-3H3,(H,25,26);. The molecule has 0 saturated heterocycles. The summed E-state index contributed by atoms with van der Waals surface area (Å²) in [5, 5.41) is 10.1. The summed E-state index contributed by atoms with van der Waals surface area (Å²) in [6.07, 6.45) is 22.4. The summed E-state index contributed by atoms with van der Waals surface area (Å²) in [7, 11) is 0. The molecule has 0 rings (SSSR count). The number of hydrogen-bond acceptors (Lipinski definition) is 1. The summed E-state index contributed by atoms with van der Waals surface area (Å²) in [5.74, 6) is -0.517. The Balaban J connectivity index is 0. The minimum atomic E-state index is -0.517. The number of unbranched alkanes of at least 4 members (excludes halogenated alkanes) is 13. The third kappa shape index (κ3) is 16.3. The molecule has 0 amide bonds. The molecule has 0 atom stereocenters. The van der Waals surface area contributed by atoms with Crippen LogP contribution in [0.3, 0.4) is 0 Å². The number of hydrogen-bond donors (Lipinski definition) is 1. The molecule has 2 nitrogen and oxygen atoms in total. The van der Waals surface area contributed by atoms with Crippen LogP contribution < -0.4 is 0 Å². The second-order valence-electron chi connectivity index (χ2n) is 8.43. The fourth-order valence-corrected chi connectivity index (χ4v) is 4.07. The predicted octanol–water partition coefficient (Wildman–Crippen LogP) is 8.53. The van der Waals surface area contributed by atoms with Crippen molar-refractivity contribution in [3.63, 3.8) is 0 Å². The molecule has 160 valence electrons. The topological polar surface area (TPSA) is 37.3 Å². The van der Waals surface area contributed by atoms with E-state index < -0.39 is 11.4 Å². The maximum absolute atomic E-state index is 12.2. The van der Waals surface area contributed by atoms with Crippen LogP contribution in [0, 0.1) is 46.3 Å². The molecular formula is C24H48NdO2. The van der Waals surface area contributed by atoms with Gasteiger partial charge in [-0.1, -0.05) is 124 Å². The van der Waals surface area contributed by atoms with Crippen molar-refractivity contribution in [2.45, 2.75) is 143 Å². The van der Waals surface area contributed by atoms with Gasteiger partial charge in [-0.2, -0.15) is 0 Å². The molecule has 1 N–H and O–H groups in total. The van der Waals surface area contributed by atoms with Crippen LogP contribution in [0.5, 0.6) is 0 Å². The number of carbonyl (C=O) groups is 1. The van der Waals surface area contributed by atoms with Crippen molar-refractivity contribution in [1.82, 2.24) is 0 Å². The van der Waals surface area contributed by atoms with Gasteiger partial charge in [-0.25, -0.2) is 0 Å². The van der Waals surface area contributed by atoms with Gasteiger partial charge in [-0.15, -0.1) is 0 Å². The molecule has 0 heterocycles. The Morgan fingerprint density at radius 1 is 0.556 bits per heavy atom. The first kappa shape index (κ1) is 30.0. The van der Waals surface area contributed by atoms with Gasteiger partial charge < -0.3 is 5.11 Å². The Morgan fingerprint density at radius 2 is 0.815 bits per heavy atom. The van der Waals surface area contributed by atoms with Crippen molar-refractivity contribution >= 4 is 5.97 Å². The van der Waals surface area contributed by atoms with Crippen LogP contribution in [0.2, 0.25) is 0 Å². The van der Waals surface area contributed by atoms with E-state index in [1.807, 2.05) is 0 Å². The van der Waals surface area contributed by atoms with Crippen LogP contribution >= 0.6 is 0 Å². The number of carboxylic acids is 1. The second kappa shape index (κ2) is 21.5. The van der Waals surface area contributed by atoms with Crippen LogP contribution in [0.4, 0.5) is 0 Å². The van der Waals surface area contributed by atoms with Crippen molar-refractivity contribution in [3.05, 3.63) is 0 Å². The summed E-state index contributed by atoms with van der Waals surface area (Å²) in [6.45, 7) is 6.70. The quantitative estimate of drug-likeness (QED) is 0.166. The Bertz CT molecular complexity index is 302. The van der Waals surface area contributed by atoms with E-state index in [4.69, 9.17) is 0 Å². The van der Waals surface area contributed by atoms with Crippen molar-refractivity contribution in [2.24, 2.45) is 5.41 Å². The van der Waals surface area contributed by atoms with E-state index >= 15 is 0 Å². The molecule has 0 unspecified atom stereocenters. The van der Waals surface area contributed by atoms with Gasteiger partial charge in [0, 0.05) is 40.8 Å². The molecule has 0 bridgehead atoms. The molecular weight excluding hydrogens is 465 g/mol. The third-order valence-electron chi connectivity index (χ3n) is 5.98. The molecule has 27 heavy (non-hydrogen) atoms. The zero-order chi connectivity index (χ0) is 19.5. The Labute approximate surface area is 203 Å². The van der Waals surface area contributed by atoms with Crippen molar-refractivity contribution in [1.29, 1.82) is 0 Å². The molecule has 0 aromatic rings. The van der Waals surface area contributed by atoms with Crippen LogP contribution in [-0.4, -0.2) is 11.1 Å². The van der Waals surface area contributed by atoms with E-state index in [1.165, 1.54) is 83.5 Å². The van der Waals surface area contributed by atoms with E-state index in [-0.39, 0.29) is 40.8 Å². The molecule has 0 aromatic heterocycles. The fourth-order valence-electron chi connectivity index (χ4n) is 4.07. The SMILES string of the molecule is CCCCCCCCC(CCCCCC)(CCCCCCCC)C(=O)O.[Nd]. The van der Waals surface area contributed by atoms with Crippen molar-refractivity contribution in [2.75, 3.05) is 0 Å². The molecule has 0 aliphatic heterocycles. The Hall–Kier alpha value is 0.821. The number of carboxylic acid groups (broad SMARTS) is 1. The molecule has 0 spiro atoms. The first-order valence-corrected chi connectivity index (χ1v) is 11.9. The summed E-state index contributed by atoms with van der Waals surface area (Å²) < 4.78 is 0. The fraction of sp³-hybridized carbons (Fsp3) is 0.958. The predicted molar refractivity (Wildman–Crippen MR) is 115 cm³/mol. The van der Waals surface area contributed by atoms with Gasteiger partial charge in [0.25, 0.3) is 0 Å². The maximum Gasteiger partial charge on any atom is 0.309 e. The summed E-state index contributed by atoms with van der Waals surface area (Å²) in [5.41, 5.74) is -0.441. The first-order chi connectivity index (χ1) is 12.6. The first-order valence-electron chi connectivity index (χ1n) is 11.9. The van der Waals surface area contributed by atoms with E-state index in [0.29, 0.717) is 0 Å². The van der Waals surface area contributed by atoms with Crippen LogP contribution in [-0.2, 0) is 4.79 Å². The van der Waals surface area contributed by atoms with Crippen LogP contribution in [0.25, 0.3) is 0 Å².